The lowest BCUT2D eigenvalue weighted by atomic mass is 9.96. The molecule has 1 saturated heterocycles. The summed E-state index contributed by atoms with van der Waals surface area (Å²) in [6, 6.07) is 7.54. The number of hydrogen-bond acceptors (Lipinski definition) is 5. The van der Waals surface area contributed by atoms with Crippen molar-refractivity contribution < 1.29 is 23.7 Å². The van der Waals surface area contributed by atoms with Gasteiger partial charge in [-0.25, -0.2) is 0 Å². The minimum atomic E-state index is -0.451. The Morgan fingerprint density at radius 3 is 2.57 bits per heavy atom. The molecule has 1 aliphatic heterocycles. The lowest BCUT2D eigenvalue weighted by Crippen LogP contribution is -2.37. The second-order valence-corrected chi connectivity index (χ2v) is 5.06. The van der Waals surface area contributed by atoms with Crippen LogP contribution in [0, 0.1) is 5.92 Å². The molecule has 0 radical (unpaired) electrons. The van der Waals surface area contributed by atoms with E-state index in [-0.39, 0.29) is 24.4 Å². The molecule has 0 spiro atoms. The summed E-state index contributed by atoms with van der Waals surface area (Å²) in [5.74, 6) is 0.736. The van der Waals surface area contributed by atoms with Crippen molar-refractivity contribution in [2.24, 2.45) is 5.92 Å². The molecule has 0 unspecified atom stereocenters. The molecule has 0 aromatic heterocycles. The van der Waals surface area contributed by atoms with E-state index in [0.717, 1.165) is 17.7 Å². The number of carbonyl (C=O) groups excluding carboxylic acids is 1. The van der Waals surface area contributed by atoms with E-state index in [0.29, 0.717) is 6.61 Å². The first-order valence-corrected chi connectivity index (χ1v) is 7.15. The molecule has 0 saturated carbocycles. The standard InChI is InChI=1S/C16H22O5/c1-4-11-10-20-16(21-14(11)9-15(17)19-3)12-5-7-13(18-2)8-6-12/h5-8,11,14,16H,4,9-10H2,1-3H3/t11-,14+,16-/m0/s1. The predicted molar refractivity (Wildman–Crippen MR) is 77.0 cm³/mol. The van der Waals surface area contributed by atoms with Crippen LogP contribution in [-0.2, 0) is 19.0 Å². The Bertz CT molecular complexity index is 456. The molecule has 0 bridgehead atoms. The molecule has 116 valence electrons. The van der Waals surface area contributed by atoms with Crippen molar-refractivity contribution in [2.45, 2.75) is 32.2 Å². The van der Waals surface area contributed by atoms with Crippen LogP contribution in [-0.4, -0.2) is 32.9 Å². The van der Waals surface area contributed by atoms with Gasteiger partial charge >= 0.3 is 5.97 Å². The number of methoxy groups -OCH3 is 2. The van der Waals surface area contributed by atoms with Crippen LogP contribution in [0.2, 0.25) is 0 Å². The van der Waals surface area contributed by atoms with Crippen LogP contribution < -0.4 is 4.74 Å². The average molecular weight is 294 g/mol. The third-order valence-corrected chi connectivity index (χ3v) is 3.79. The highest BCUT2D eigenvalue weighted by molar-refractivity contribution is 5.69. The molecule has 5 heteroatoms. The van der Waals surface area contributed by atoms with Crippen LogP contribution in [0.3, 0.4) is 0 Å². The number of esters is 1. The zero-order valence-electron chi connectivity index (χ0n) is 12.7. The summed E-state index contributed by atoms with van der Waals surface area (Å²) < 4.78 is 21.6. The number of rotatable bonds is 5. The highest BCUT2D eigenvalue weighted by Gasteiger charge is 2.33. The van der Waals surface area contributed by atoms with Gasteiger partial charge in [-0.2, -0.15) is 0 Å². The van der Waals surface area contributed by atoms with Gasteiger partial charge in [0.1, 0.15) is 5.75 Å². The Kier molecular flexibility index (Phi) is 5.59. The monoisotopic (exact) mass is 294 g/mol. The van der Waals surface area contributed by atoms with Crippen LogP contribution in [0.1, 0.15) is 31.6 Å². The minimum absolute atomic E-state index is 0.177. The van der Waals surface area contributed by atoms with Crippen LogP contribution >= 0.6 is 0 Å². The maximum Gasteiger partial charge on any atom is 0.308 e. The fourth-order valence-electron chi connectivity index (χ4n) is 2.41. The second-order valence-electron chi connectivity index (χ2n) is 5.06. The van der Waals surface area contributed by atoms with Gasteiger partial charge in [0, 0.05) is 11.5 Å². The van der Waals surface area contributed by atoms with Crippen LogP contribution in [0.4, 0.5) is 0 Å². The Balaban J connectivity index is 2.06. The van der Waals surface area contributed by atoms with E-state index < -0.39 is 6.29 Å². The van der Waals surface area contributed by atoms with Gasteiger partial charge in [0.25, 0.3) is 0 Å². The summed E-state index contributed by atoms with van der Waals surface area (Å²) in [7, 11) is 3.02. The third-order valence-electron chi connectivity index (χ3n) is 3.79. The lowest BCUT2D eigenvalue weighted by Gasteiger charge is -2.36. The zero-order valence-corrected chi connectivity index (χ0v) is 12.7. The normalized spacial score (nSPS) is 25.4. The van der Waals surface area contributed by atoms with Gasteiger partial charge in [-0.15, -0.1) is 0 Å². The molecule has 2 rings (SSSR count). The van der Waals surface area contributed by atoms with E-state index in [4.69, 9.17) is 18.9 Å². The van der Waals surface area contributed by atoms with E-state index in [2.05, 4.69) is 6.92 Å². The molecule has 1 aromatic carbocycles. The molecule has 0 N–H and O–H groups in total. The molecule has 1 aromatic rings. The Morgan fingerprint density at radius 1 is 1.29 bits per heavy atom. The quantitative estimate of drug-likeness (QED) is 0.782. The Hall–Kier alpha value is -1.59. The molecule has 1 aliphatic rings. The second kappa shape index (κ2) is 7.43. The molecule has 1 heterocycles. The van der Waals surface area contributed by atoms with Crippen molar-refractivity contribution in [3.63, 3.8) is 0 Å². The summed E-state index contributed by atoms with van der Waals surface area (Å²) in [6.45, 7) is 2.64. The fourth-order valence-corrected chi connectivity index (χ4v) is 2.41. The number of benzene rings is 1. The maximum atomic E-state index is 11.5. The zero-order chi connectivity index (χ0) is 15.2. The first-order chi connectivity index (χ1) is 10.2. The molecule has 1 fully saturated rings. The van der Waals surface area contributed by atoms with E-state index in [1.807, 2.05) is 24.3 Å². The molecular formula is C16H22O5. The van der Waals surface area contributed by atoms with Crippen molar-refractivity contribution in [1.82, 2.24) is 0 Å². The molecule has 0 amide bonds. The number of carbonyl (C=O) groups is 1. The maximum absolute atomic E-state index is 11.5. The summed E-state index contributed by atoms with van der Waals surface area (Å²) in [4.78, 5) is 11.5. The molecule has 21 heavy (non-hydrogen) atoms. The molecular weight excluding hydrogens is 272 g/mol. The van der Waals surface area contributed by atoms with Gasteiger partial charge in [0.05, 0.1) is 33.4 Å². The van der Waals surface area contributed by atoms with E-state index in [1.54, 1.807) is 7.11 Å². The van der Waals surface area contributed by atoms with Gasteiger partial charge < -0.3 is 18.9 Å². The van der Waals surface area contributed by atoms with Gasteiger partial charge in [-0.05, 0) is 18.6 Å². The van der Waals surface area contributed by atoms with Crippen molar-refractivity contribution in [2.75, 3.05) is 20.8 Å². The Labute approximate surface area is 125 Å². The van der Waals surface area contributed by atoms with Crippen LogP contribution in [0.15, 0.2) is 24.3 Å². The average Bonchev–Trinajstić information content (AvgIpc) is 2.54. The number of ether oxygens (including phenoxy) is 4. The van der Waals surface area contributed by atoms with E-state index in [9.17, 15) is 4.79 Å². The fraction of sp³-hybridized carbons (Fsp3) is 0.562. The minimum Gasteiger partial charge on any atom is -0.497 e. The summed E-state index contributed by atoms with van der Waals surface area (Å²) in [6.07, 6.45) is 0.527. The third kappa shape index (κ3) is 3.95. The van der Waals surface area contributed by atoms with E-state index >= 15 is 0 Å². The van der Waals surface area contributed by atoms with Gasteiger partial charge in [-0.3, -0.25) is 4.79 Å². The number of hydrogen-bond donors (Lipinski definition) is 0. The largest absolute Gasteiger partial charge is 0.497 e. The van der Waals surface area contributed by atoms with Crippen LogP contribution in [0.25, 0.3) is 0 Å². The smallest absolute Gasteiger partial charge is 0.308 e. The van der Waals surface area contributed by atoms with Crippen molar-refractivity contribution >= 4 is 5.97 Å². The van der Waals surface area contributed by atoms with Gasteiger partial charge in [0.2, 0.25) is 0 Å². The lowest BCUT2D eigenvalue weighted by molar-refractivity contribution is -0.243. The van der Waals surface area contributed by atoms with Gasteiger partial charge in [-0.1, -0.05) is 19.1 Å². The SMILES string of the molecule is CC[C@H]1CO[C@H](c2ccc(OC)cc2)O[C@@H]1CC(=O)OC. The highest BCUT2D eigenvalue weighted by atomic mass is 16.7. The summed E-state index contributed by atoms with van der Waals surface area (Å²) >= 11 is 0. The van der Waals surface area contributed by atoms with Crippen molar-refractivity contribution in [3.8, 4) is 5.75 Å². The first-order valence-electron chi connectivity index (χ1n) is 7.15. The molecule has 5 nitrogen and oxygen atoms in total. The first kappa shape index (κ1) is 15.8. The van der Waals surface area contributed by atoms with Gasteiger partial charge in [0.15, 0.2) is 6.29 Å². The van der Waals surface area contributed by atoms with Crippen molar-refractivity contribution in [3.05, 3.63) is 29.8 Å². The van der Waals surface area contributed by atoms with Crippen LogP contribution in [0.5, 0.6) is 5.75 Å². The molecule has 3 atom stereocenters. The summed E-state index contributed by atoms with van der Waals surface area (Å²) in [5.41, 5.74) is 0.917. The Morgan fingerprint density at radius 2 is 2.00 bits per heavy atom. The van der Waals surface area contributed by atoms with Crippen molar-refractivity contribution in [1.29, 1.82) is 0 Å². The molecule has 0 aliphatic carbocycles. The topological polar surface area (TPSA) is 54.0 Å². The van der Waals surface area contributed by atoms with E-state index in [1.165, 1.54) is 7.11 Å². The predicted octanol–water partition coefficient (Wildman–Crippen LogP) is 2.70. The highest BCUT2D eigenvalue weighted by Crippen LogP contribution is 2.32. The summed E-state index contributed by atoms with van der Waals surface area (Å²) in [5, 5.41) is 0.